The number of aromatic nitrogens is 2. The Kier molecular flexibility index (Phi) is 7.45. The van der Waals surface area contributed by atoms with Crippen LogP contribution in [0.5, 0.6) is 0 Å². The molecule has 2 atom stereocenters. The van der Waals surface area contributed by atoms with Crippen molar-refractivity contribution in [3.63, 3.8) is 0 Å². The first-order chi connectivity index (χ1) is 16.9. The Morgan fingerprint density at radius 1 is 1.11 bits per heavy atom. The number of aliphatic hydroxyl groups is 2. The summed E-state index contributed by atoms with van der Waals surface area (Å²) in [7, 11) is 0. The lowest BCUT2D eigenvalue weighted by Crippen LogP contribution is -2.42. The number of benzene rings is 2. The summed E-state index contributed by atoms with van der Waals surface area (Å²) >= 11 is 1.55. The van der Waals surface area contributed by atoms with E-state index in [1.54, 1.807) is 52.7 Å². The number of pyridine rings is 1. The lowest BCUT2D eigenvalue weighted by molar-refractivity contribution is 0.0703. The third kappa shape index (κ3) is 5.35. The van der Waals surface area contributed by atoms with E-state index in [0.29, 0.717) is 11.2 Å². The molecule has 0 aliphatic heterocycles. The zero-order valence-corrected chi connectivity index (χ0v) is 19.5. The molecule has 0 fully saturated rings. The van der Waals surface area contributed by atoms with Crippen molar-refractivity contribution < 1.29 is 24.2 Å². The zero-order chi connectivity index (χ0) is 24.9. The first-order valence-corrected chi connectivity index (χ1v) is 11.9. The Morgan fingerprint density at radius 2 is 1.89 bits per heavy atom. The van der Waals surface area contributed by atoms with E-state index in [0.717, 1.165) is 11.0 Å². The van der Waals surface area contributed by atoms with Crippen LogP contribution in [0.25, 0.3) is 5.65 Å². The number of aliphatic hydroxyl groups excluding tert-OH is 2. The number of rotatable bonds is 8. The number of anilines is 1. The molecule has 0 spiro atoms. The van der Waals surface area contributed by atoms with Crippen LogP contribution in [0.15, 0.2) is 78.0 Å². The van der Waals surface area contributed by atoms with Crippen LogP contribution in [0.3, 0.4) is 0 Å². The molecule has 0 radical (unpaired) electrons. The Bertz CT molecular complexity index is 1360. The van der Waals surface area contributed by atoms with E-state index in [1.165, 1.54) is 18.3 Å². The Morgan fingerprint density at radius 3 is 2.60 bits per heavy atom. The van der Waals surface area contributed by atoms with Gasteiger partial charge in [-0.2, -0.15) is 0 Å². The zero-order valence-electron chi connectivity index (χ0n) is 18.7. The summed E-state index contributed by atoms with van der Waals surface area (Å²) in [6.45, 7) is -0.518. The molecular formula is C25H23FN4O4S. The van der Waals surface area contributed by atoms with Gasteiger partial charge in [-0.15, -0.1) is 11.8 Å². The van der Waals surface area contributed by atoms with Crippen LogP contribution in [0.4, 0.5) is 10.1 Å². The molecule has 0 unspecified atom stereocenters. The van der Waals surface area contributed by atoms with Gasteiger partial charge in [0.25, 0.3) is 11.8 Å². The number of fused-ring (bicyclic) bond motifs is 1. The van der Waals surface area contributed by atoms with E-state index in [2.05, 4.69) is 15.6 Å². The van der Waals surface area contributed by atoms with Gasteiger partial charge in [-0.1, -0.05) is 18.2 Å². The van der Waals surface area contributed by atoms with Crippen molar-refractivity contribution in [3.8, 4) is 0 Å². The van der Waals surface area contributed by atoms with E-state index < -0.39 is 36.4 Å². The number of carbonyl (C=O) groups excluding carboxylic acids is 2. The predicted octanol–water partition coefficient (Wildman–Crippen LogP) is 3.27. The topological polar surface area (TPSA) is 116 Å². The maximum absolute atomic E-state index is 14.4. The Balaban J connectivity index is 1.49. The highest BCUT2D eigenvalue weighted by atomic mass is 32.2. The van der Waals surface area contributed by atoms with Crippen LogP contribution in [-0.2, 0) is 0 Å². The number of amides is 2. The molecule has 2 aromatic carbocycles. The second kappa shape index (κ2) is 10.7. The smallest absolute Gasteiger partial charge is 0.274 e. The fourth-order valence-corrected chi connectivity index (χ4v) is 3.97. The SMILES string of the molecule is CSc1ccc([C@@H](O)[C@H](CO)NC(=O)c2ccc(F)c(NC(=O)c3cnc4ccccn34)c2)cc1. The van der Waals surface area contributed by atoms with Gasteiger partial charge in [-0.25, -0.2) is 9.37 Å². The molecule has 0 aliphatic rings. The molecule has 0 aliphatic carbocycles. The molecule has 4 aromatic rings. The monoisotopic (exact) mass is 494 g/mol. The third-order valence-corrected chi connectivity index (χ3v) is 6.22. The minimum Gasteiger partial charge on any atom is -0.394 e. The molecule has 2 amide bonds. The summed E-state index contributed by atoms with van der Waals surface area (Å²) in [5.74, 6) is -1.97. The largest absolute Gasteiger partial charge is 0.394 e. The normalized spacial score (nSPS) is 12.8. The second-order valence-corrected chi connectivity index (χ2v) is 8.58. The lowest BCUT2D eigenvalue weighted by Gasteiger charge is -2.23. The number of carbonyl (C=O) groups is 2. The highest BCUT2D eigenvalue weighted by Gasteiger charge is 2.24. The van der Waals surface area contributed by atoms with Crippen LogP contribution in [0.1, 0.15) is 32.5 Å². The number of nitrogens with one attached hydrogen (secondary N) is 2. The fourth-order valence-electron chi connectivity index (χ4n) is 3.56. The number of halogens is 1. The maximum Gasteiger partial charge on any atom is 0.274 e. The Hall–Kier alpha value is -3.73. The minimum absolute atomic E-state index is 0.0447. The van der Waals surface area contributed by atoms with Gasteiger partial charge in [0.05, 0.1) is 24.5 Å². The van der Waals surface area contributed by atoms with Gasteiger partial charge < -0.3 is 20.8 Å². The van der Waals surface area contributed by atoms with E-state index in [4.69, 9.17) is 0 Å². The number of imidazole rings is 1. The molecule has 2 heterocycles. The van der Waals surface area contributed by atoms with Crippen molar-refractivity contribution in [1.82, 2.24) is 14.7 Å². The molecule has 4 rings (SSSR count). The van der Waals surface area contributed by atoms with Gasteiger partial charge in [-0.05, 0) is 54.3 Å². The van der Waals surface area contributed by atoms with E-state index in [9.17, 15) is 24.2 Å². The van der Waals surface area contributed by atoms with Gasteiger partial charge in [0.2, 0.25) is 0 Å². The standard InChI is InChI=1S/C25H23FN4O4S/c1-35-17-8-5-15(6-9-17)23(32)20(14-31)29-24(33)16-7-10-18(26)19(12-16)28-25(34)21-13-27-22-4-2-3-11-30(21)22/h2-13,20,23,31-32H,14H2,1H3,(H,28,34)(H,29,33)/t20-,23+/m0/s1. The summed E-state index contributed by atoms with van der Waals surface area (Å²) in [6.07, 6.45) is 3.80. The second-order valence-electron chi connectivity index (χ2n) is 7.70. The summed E-state index contributed by atoms with van der Waals surface area (Å²) in [4.78, 5) is 30.7. The number of hydrogen-bond acceptors (Lipinski definition) is 6. The maximum atomic E-state index is 14.4. The summed E-state index contributed by atoms with van der Waals surface area (Å²) in [6, 6.07) is 14.9. The first-order valence-electron chi connectivity index (χ1n) is 10.7. The average Bonchev–Trinajstić information content (AvgIpc) is 3.32. The fraction of sp³-hybridized carbons (Fsp3) is 0.160. The van der Waals surface area contributed by atoms with Gasteiger partial charge in [0, 0.05) is 16.7 Å². The number of thioether (sulfide) groups is 1. The molecule has 2 aromatic heterocycles. The van der Waals surface area contributed by atoms with E-state index in [-0.39, 0.29) is 16.9 Å². The highest BCUT2D eigenvalue weighted by Crippen LogP contribution is 2.22. The third-order valence-electron chi connectivity index (χ3n) is 5.48. The summed E-state index contributed by atoms with van der Waals surface area (Å²) in [5, 5.41) is 25.4. The van der Waals surface area contributed by atoms with E-state index >= 15 is 0 Å². The van der Waals surface area contributed by atoms with Gasteiger partial charge in [-0.3, -0.25) is 14.0 Å². The molecule has 4 N–H and O–H groups in total. The summed E-state index contributed by atoms with van der Waals surface area (Å²) in [5.41, 5.74) is 1.14. The van der Waals surface area contributed by atoms with Crippen LogP contribution in [0, 0.1) is 5.82 Å². The van der Waals surface area contributed by atoms with Crippen molar-refractivity contribution in [2.24, 2.45) is 0 Å². The van der Waals surface area contributed by atoms with Crippen LogP contribution in [0.2, 0.25) is 0 Å². The molecule has 8 nitrogen and oxygen atoms in total. The first kappa shape index (κ1) is 24.4. The number of hydrogen-bond donors (Lipinski definition) is 4. The molecule has 180 valence electrons. The van der Waals surface area contributed by atoms with Gasteiger partial charge >= 0.3 is 0 Å². The summed E-state index contributed by atoms with van der Waals surface area (Å²) < 4.78 is 16.0. The minimum atomic E-state index is -1.16. The van der Waals surface area contributed by atoms with Crippen molar-refractivity contribution in [2.75, 3.05) is 18.2 Å². The van der Waals surface area contributed by atoms with Crippen molar-refractivity contribution >= 4 is 34.9 Å². The van der Waals surface area contributed by atoms with Crippen LogP contribution in [-0.4, -0.2) is 50.3 Å². The molecular weight excluding hydrogens is 471 g/mol. The molecule has 10 heteroatoms. The van der Waals surface area contributed by atoms with Crippen molar-refractivity contribution in [3.05, 3.63) is 95.7 Å². The molecule has 35 heavy (non-hydrogen) atoms. The number of nitrogens with zero attached hydrogens (tertiary/aromatic N) is 2. The highest BCUT2D eigenvalue weighted by molar-refractivity contribution is 7.98. The van der Waals surface area contributed by atoms with Crippen molar-refractivity contribution in [1.29, 1.82) is 0 Å². The van der Waals surface area contributed by atoms with E-state index in [1.807, 2.05) is 18.4 Å². The molecule has 0 bridgehead atoms. The van der Waals surface area contributed by atoms with Gasteiger partial charge in [0.1, 0.15) is 23.3 Å². The van der Waals surface area contributed by atoms with Crippen LogP contribution < -0.4 is 10.6 Å². The lowest BCUT2D eigenvalue weighted by atomic mass is 10.0. The van der Waals surface area contributed by atoms with Crippen molar-refractivity contribution in [2.45, 2.75) is 17.0 Å². The average molecular weight is 495 g/mol. The molecule has 0 saturated heterocycles. The quantitative estimate of drug-likeness (QED) is 0.280. The predicted molar refractivity (Wildman–Crippen MR) is 131 cm³/mol. The van der Waals surface area contributed by atoms with Crippen LogP contribution >= 0.6 is 11.8 Å². The van der Waals surface area contributed by atoms with Gasteiger partial charge in [0.15, 0.2) is 0 Å². The Labute approximate surface area is 204 Å². The molecule has 0 saturated carbocycles.